The molecule has 0 bridgehead atoms. The van der Waals surface area contributed by atoms with Crippen LogP contribution in [0.3, 0.4) is 0 Å². The number of hydrogen-bond acceptors (Lipinski definition) is 2. The Bertz CT molecular complexity index is 279. The molecule has 1 N–H and O–H groups in total. The third-order valence-corrected chi connectivity index (χ3v) is 2.69. The minimum atomic E-state index is 0.789. The summed E-state index contributed by atoms with van der Waals surface area (Å²) in [6.07, 6.45) is 6.47. The number of aromatic nitrogens is 2. The SMILES string of the molecule is CC1CC1NCCc1cnn(C)c1. The lowest BCUT2D eigenvalue weighted by molar-refractivity contribution is 0.650. The van der Waals surface area contributed by atoms with Crippen LogP contribution in [-0.2, 0) is 13.5 Å². The summed E-state index contributed by atoms with van der Waals surface area (Å²) in [4.78, 5) is 0. The molecule has 3 nitrogen and oxygen atoms in total. The van der Waals surface area contributed by atoms with Crippen molar-refractivity contribution in [2.45, 2.75) is 25.8 Å². The Hall–Kier alpha value is -0.830. The topological polar surface area (TPSA) is 29.9 Å². The van der Waals surface area contributed by atoms with Gasteiger partial charge in [-0.3, -0.25) is 4.68 Å². The third kappa shape index (κ3) is 2.31. The number of aryl methyl sites for hydroxylation is 1. The van der Waals surface area contributed by atoms with Crippen molar-refractivity contribution >= 4 is 0 Å². The van der Waals surface area contributed by atoms with Gasteiger partial charge in [0.25, 0.3) is 0 Å². The van der Waals surface area contributed by atoms with Crippen LogP contribution in [0.5, 0.6) is 0 Å². The molecule has 0 spiro atoms. The third-order valence-electron chi connectivity index (χ3n) is 2.69. The molecule has 1 fully saturated rings. The Kier molecular flexibility index (Phi) is 2.36. The minimum Gasteiger partial charge on any atom is -0.313 e. The molecule has 1 aliphatic carbocycles. The summed E-state index contributed by atoms with van der Waals surface area (Å²) < 4.78 is 1.86. The minimum absolute atomic E-state index is 0.789. The van der Waals surface area contributed by atoms with Crippen LogP contribution in [0.2, 0.25) is 0 Å². The van der Waals surface area contributed by atoms with E-state index in [4.69, 9.17) is 0 Å². The van der Waals surface area contributed by atoms with Crippen LogP contribution in [-0.4, -0.2) is 22.4 Å². The molecule has 0 aromatic carbocycles. The summed E-state index contributed by atoms with van der Waals surface area (Å²) in [5, 5.41) is 7.66. The van der Waals surface area contributed by atoms with E-state index in [1.807, 2.05) is 17.9 Å². The van der Waals surface area contributed by atoms with Crippen LogP contribution < -0.4 is 5.32 Å². The smallest absolute Gasteiger partial charge is 0.0522 e. The van der Waals surface area contributed by atoms with Gasteiger partial charge in [0, 0.05) is 19.3 Å². The maximum atomic E-state index is 4.13. The fraction of sp³-hybridized carbons (Fsp3) is 0.700. The summed E-state index contributed by atoms with van der Waals surface area (Å²) in [6.45, 7) is 3.38. The van der Waals surface area contributed by atoms with Crippen LogP contribution in [0, 0.1) is 5.92 Å². The molecule has 1 aliphatic rings. The van der Waals surface area contributed by atoms with Crippen LogP contribution in [0.4, 0.5) is 0 Å². The summed E-state index contributed by atoms with van der Waals surface area (Å²) >= 11 is 0. The summed E-state index contributed by atoms with van der Waals surface area (Å²) in [6, 6.07) is 0.789. The molecule has 2 unspecified atom stereocenters. The normalized spacial score (nSPS) is 26.3. The molecule has 3 heteroatoms. The molecule has 2 rings (SSSR count). The first kappa shape index (κ1) is 8.75. The second kappa shape index (κ2) is 3.50. The largest absolute Gasteiger partial charge is 0.313 e. The van der Waals surface area contributed by atoms with Crippen molar-refractivity contribution in [1.82, 2.24) is 15.1 Å². The standard InChI is InChI=1S/C10H17N3/c1-8-5-10(8)11-4-3-9-6-12-13(2)7-9/h6-8,10-11H,3-5H2,1-2H3. The second-order valence-corrected chi connectivity index (χ2v) is 4.05. The summed E-state index contributed by atoms with van der Waals surface area (Å²) in [5.74, 6) is 0.897. The molecular formula is C10H17N3. The Morgan fingerprint density at radius 1 is 1.69 bits per heavy atom. The fourth-order valence-corrected chi connectivity index (χ4v) is 1.61. The van der Waals surface area contributed by atoms with Gasteiger partial charge in [0.2, 0.25) is 0 Å². The van der Waals surface area contributed by atoms with Crippen LogP contribution in [0.15, 0.2) is 12.4 Å². The van der Waals surface area contributed by atoms with E-state index < -0.39 is 0 Å². The highest BCUT2D eigenvalue weighted by atomic mass is 15.2. The van der Waals surface area contributed by atoms with Crippen molar-refractivity contribution in [2.24, 2.45) is 13.0 Å². The number of nitrogens with one attached hydrogen (secondary N) is 1. The van der Waals surface area contributed by atoms with E-state index in [0.717, 1.165) is 24.9 Å². The van der Waals surface area contributed by atoms with Gasteiger partial charge in [-0.05, 0) is 30.9 Å². The molecule has 0 saturated heterocycles. The Morgan fingerprint density at radius 3 is 3.00 bits per heavy atom. The van der Waals surface area contributed by atoms with Gasteiger partial charge in [0.1, 0.15) is 0 Å². The molecule has 13 heavy (non-hydrogen) atoms. The lowest BCUT2D eigenvalue weighted by Gasteiger charge is -2.00. The number of hydrogen-bond donors (Lipinski definition) is 1. The molecule has 72 valence electrons. The maximum absolute atomic E-state index is 4.13. The van der Waals surface area contributed by atoms with E-state index >= 15 is 0 Å². The predicted octanol–water partition coefficient (Wildman–Crippen LogP) is 0.961. The summed E-state index contributed by atoms with van der Waals surface area (Å²) in [7, 11) is 1.96. The number of rotatable bonds is 4. The molecule has 1 aromatic heterocycles. The number of nitrogens with zero attached hydrogens (tertiary/aromatic N) is 2. The van der Waals surface area contributed by atoms with E-state index in [-0.39, 0.29) is 0 Å². The highest BCUT2D eigenvalue weighted by molar-refractivity contribution is 5.04. The maximum Gasteiger partial charge on any atom is 0.0522 e. The van der Waals surface area contributed by atoms with Crippen LogP contribution in [0.25, 0.3) is 0 Å². The molecular weight excluding hydrogens is 162 g/mol. The van der Waals surface area contributed by atoms with Crippen molar-refractivity contribution in [3.05, 3.63) is 18.0 Å². The fourth-order valence-electron chi connectivity index (χ4n) is 1.61. The molecule has 1 heterocycles. The van der Waals surface area contributed by atoms with E-state index in [2.05, 4.69) is 23.5 Å². The molecule has 1 aromatic rings. The molecule has 0 amide bonds. The van der Waals surface area contributed by atoms with E-state index in [9.17, 15) is 0 Å². The van der Waals surface area contributed by atoms with Crippen molar-refractivity contribution in [3.63, 3.8) is 0 Å². The average molecular weight is 179 g/mol. The van der Waals surface area contributed by atoms with Gasteiger partial charge in [-0.15, -0.1) is 0 Å². The van der Waals surface area contributed by atoms with E-state index in [0.29, 0.717) is 0 Å². The van der Waals surface area contributed by atoms with Crippen molar-refractivity contribution in [2.75, 3.05) is 6.54 Å². The highest BCUT2D eigenvalue weighted by Crippen LogP contribution is 2.28. The van der Waals surface area contributed by atoms with Gasteiger partial charge in [0.05, 0.1) is 6.20 Å². The molecule has 0 aliphatic heterocycles. The zero-order chi connectivity index (χ0) is 9.26. The Morgan fingerprint density at radius 2 is 2.46 bits per heavy atom. The van der Waals surface area contributed by atoms with Crippen molar-refractivity contribution in [3.8, 4) is 0 Å². The average Bonchev–Trinajstić information content (AvgIpc) is 2.60. The van der Waals surface area contributed by atoms with Crippen LogP contribution >= 0.6 is 0 Å². The first-order valence-corrected chi connectivity index (χ1v) is 4.96. The van der Waals surface area contributed by atoms with Crippen molar-refractivity contribution in [1.29, 1.82) is 0 Å². The second-order valence-electron chi connectivity index (χ2n) is 4.05. The first-order chi connectivity index (χ1) is 6.25. The monoisotopic (exact) mass is 179 g/mol. The van der Waals surface area contributed by atoms with Crippen LogP contribution in [0.1, 0.15) is 18.9 Å². The van der Waals surface area contributed by atoms with Gasteiger partial charge in [0.15, 0.2) is 0 Å². The van der Waals surface area contributed by atoms with E-state index in [1.54, 1.807) is 0 Å². The molecule has 2 atom stereocenters. The van der Waals surface area contributed by atoms with Crippen molar-refractivity contribution < 1.29 is 0 Å². The van der Waals surface area contributed by atoms with Gasteiger partial charge >= 0.3 is 0 Å². The van der Waals surface area contributed by atoms with Gasteiger partial charge in [-0.25, -0.2) is 0 Å². The highest BCUT2D eigenvalue weighted by Gasteiger charge is 2.31. The summed E-state index contributed by atoms with van der Waals surface area (Å²) in [5.41, 5.74) is 1.32. The zero-order valence-electron chi connectivity index (χ0n) is 8.33. The van der Waals surface area contributed by atoms with Gasteiger partial charge in [-0.2, -0.15) is 5.10 Å². The Labute approximate surface area is 79.1 Å². The van der Waals surface area contributed by atoms with Gasteiger partial charge < -0.3 is 5.32 Å². The predicted molar refractivity (Wildman–Crippen MR) is 52.5 cm³/mol. The lowest BCUT2D eigenvalue weighted by Crippen LogP contribution is -2.20. The zero-order valence-corrected chi connectivity index (χ0v) is 8.33. The molecule has 0 radical (unpaired) electrons. The Balaban J connectivity index is 1.68. The first-order valence-electron chi connectivity index (χ1n) is 4.96. The molecule has 1 saturated carbocycles. The quantitative estimate of drug-likeness (QED) is 0.746. The van der Waals surface area contributed by atoms with E-state index in [1.165, 1.54) is 12.0 Å². The lowest BCUT2D eigenvalue weighted by atomic mass is 10.2. The van der Waals surface area contributed by atoms with Gasteiger partial charge in [-0.1, -0.05) is 6.92 Å².